The van der Waals surface area contributed by atoms with Gasteiger partial charge in [-0.05, 0) is 36.8 Å². The summed E-state index contributed by atoms with van der Waals surface area (Å²) in [7, 11) is 0. The molecule has 4 nitrogen and oxygen atoms in total. The highest BCUT2D eigenvalue weighted by atomic mass is 19.1. The minimum Gasteiger partial charge on any atom is -0.505 e. The molecule has 19 heavy (non-hydrogen) atoms. The van der Waals surface area contributed by atoms with Gasteiger partial charge < -0.3 is 15.7 Å². The maximum atomic E-state index is 13.1. The summed E-state index contributed by atoms with van der Waals surface area (Å²) >= 11 is 0. The zero-order valence-electron chi connectivity index (χ0n) is 10.3. The van der Waals surface area contributed by atoms with Crippen molar-refractivity contribution in [1.29, 1.82) is 0 Å². The van der Waals surface area contributed by atoms with Crippen LogP contribution in [0.3, 0.4) is 0 Å². The van der Waals surface area contributed by atoms with Crippen molar-refractivity contribution < 1.29 is 14.3 Å². The molecule has 0 spiro atoms. The molecule has 0 fully saturated rings. The van der Waals surface area contributed by atoms with E-state index in [4.69, 9.17) is 5.11 Å². The first-order chi connectivity index (χ1) is 9.04. The van der Waals surface area contributed by atoms with Crippen molar-refractivity contribution in [3.8, 4) is 5.75 Å². The number of aryl methyl sites for hydroxylation is 1. The number of carbonyl (C=O) groups is 1. The number of urea groups is 1. The minimum atomic E-state index is -0.784. The molecule has 0 aliphatic carbocycles. The number of rotatable bonds is 2. The van der Waals surface area contributed by atoms with Crippen LogP contribution in [0.25, 0.3) is 0 Å². The summed E-state index contributed by atoms with van der Waals surface area (Å²) in [6.07, 6.45) is 0. The van der Waals surface area contributed by atoms with Crippen LogP contribution in [0.2, 0.25) is 0 Å². The number of phenols is 1. The molecule has 2 amide bonds. The number of benzene rings is 2. The van der Waals surface area contributed by atoms with Crippen LogP contribution in [0.5, 0.6) is 5.75 Å². The summed E-state index contributed by atoms with van der Waals surface area (Å²) in [5.41, 5.74) is 1.94. The van der Waals surface area contributed by atoms with E-state index in [-0.39, 0.29) is 5.69 Å². The molecule has 0 saturated carbocycles. The van der Waals surface area contributed by atoms with Crippen molar-refractivity contribution in [1.82, 2.24) is 0 Å². The van der Waals surface area contributed by atoms with Gasteiger partial charge in [0.25, 0.3) is 0 Å². The molecule has 0 radical (unpaired) electrons. The van der Waals surface area contributed by atoms with Crippen molar-refractivity contribution in [2.24, 2.45) is 0 Å². The van der Waals surface area contributed by atoms with Gasteiger partial charge in [0.2, 0.25) is 0 Å². The van der Waals surface area contributed by atoms with Crippen LogP contribution in [-0.2, 0) is 0 Å². The van der Waals surface area contributed by atoms with Gasteiger partial charge in [0.05, 0.1) is 0 Å². The molecule has 3 N–H and O–H groups in total. The first kappa shape index (κ1) is 12.9. The predicted octanol–water partition coefficient (Wildman–Crippen LogP) is 3.48. The number of halogens is 1. The number of nitrogens with one attached hydrogen (secondary N) is 2. The Balaban J connectivity index is 2.03. The van der Waals surface area contributed by atoms with Gasteiger partial charge in [-0.25, -0.2) is 9.18 Å². The van der Waals surface area contributed by atoms with Gasteiger partial charge in [0.15, 0.2) is 11.6 Å². The third-order valence-corrected chi connectivity index (χ3v) is 2.48. The minimum absolute atomic E-state index is 0.264. The second-order valence-electron chi connectivity index (χ2n) is 4.11. The summed E-state index contributed by atoms with van der Waals surface area (Å²) in [5, 5.41) is 14.1. The summed E-state index contributed by atoms with van der Waals surface area (Å²) in [4.78, 5) is 11.7. The zero-order valence-corrected chi connectivity index (χ0v) is 10.3. The number of phenolic OH excluding ortho intramolecular Hbond substituents is 1. The number of anilines is 2. The number of aromatic hydroxyl groups is 1. The maximum absolute atomic E-state index is 13.1. The van der Waals surface area contributed by atoms with E-state index in [1.165, 1.54) is 12.1 Å². The van der Waals surface area contributed by atoms with E-state index >= 15 is 0 Å². The molecule has 5 heteroatoms. The number of amides is 2. The fourth-order valence-corrected chi connectivity index (χ4v) is 1.60. The van der Waals surface area contributed by atoms with Gasteiger partial charge in [0.1, 0.15) is 0 Å². The quantitative estimate of drug-likeness (QED) is 0.724. The van der Waals surface area contributed by atoms with Crippen molar-refractivity contribution in [2.75, 3.05) is 10.6 Å². The van der Waals surface area contributed by atoms with Gasteiger partial charge in [-0.15, -0.1) is 0 Å². The average Bonchev–Trinajstić information content (AvgIpc) is 2.34. The Kier molecular flexibility index (Phi) is 3.66. The lowest BCUT2D eigenvalue weighted by molar-refractivity contribution is 0.262. The number of carbonyl (C=O) groups excluding carboxylic acids is 1. The first-order valence-electron chi connectivity index (χ1n) is 5.68. The van der Waals surface area contributed by atoms with Crippen molar-refractivity contribution in [3.05, 3.63) is 53.8 Å². The Bertz CT molecular complexity index is 614. The largest absolute Gasteiger partial charge is 0.505 e. The molecule has 98 valence electrons. The molecule has 2 aromatic rings. The van der Waals surface area contributed by atoms with Gasteiger partial charge >= 0.3 is 6.03 Å². The maximum Gasteiger partial charge on any atom is 0.323 e. The Morgan fingerprint density at radius 3 is 2.42 bits per heavy atom. The van der Waals surface area contributed by atoms with E-state index in [1.807, 2.05) is 25.1 Å². The Hall–Kier alpha value is -2.56. The van der Waals surface area contributed by atoms with Crippen molar-refractivity contribution in [2.45, 2.75) is 6.92 Å². The smallest absolute Gasteiger partial charge is 0.323 e. The second-order valence-corrected chi connectivity index (χ2v) is 4.11. The van der Waals surface area contributed by atoms with E-state index in [0.29, 0.717) is 5.69 Å². The summed E-state index contributed by atoms with van der Waals surface area (Å²) < 4.78 is 13.1. The van der Waals surface area contributed by atoms with Crippen LogP contribution >= 0.6 is 0 Å². The van der Waals surface area contributed by atoms with E-state index in [1.54, 1.807) is 6.07 Å². The third kappa shape index (κ3) is 3.45. The van der Waals surface area contributed by atoms with Crippen LogP contribution in [-0.4, -0.2) is 11.1 Å². The molecule has 0 aliphatic heterocycles. The molecular weight excluding hydrogens is 247 g/mol. The van der Waals surface area contributed by atoms with Crippen LogP contribution in [0.15, 0.2) is 42.5 Å². The molecule has 0 aliphatic rings. The Morgan fingerprint density at radius 2 is 1.79 bits per heavy atom. The third-order valence-electron chi connectivity index (χ3n) is 2.48. The van der Waals surface area contributed by atoms with Crippen molar-refractivity contribution >= 4 is 17.4 Å². The summed E-state index contributed by atoms with van der Waals surface area (Å²) in [6.45, 7) is 1.92. The van der Waals surface area contributed by atoms with Crippen LogP contribution in [0, 0.1) is 12.7 Å². The summed E-state index contributed by atoms with van der Waals surface area (Å²) in [6, 6.07) is 10.5. The lowest BCUT2D eigenvalue weighted by Crippen LogP contribution is -2.19. The molecule has 0 saturated heterocycles. The predicted molar refractivity (Wildman–Crippen MR) is 71.9 cm³/mol. The van der Waals surface area contributed by atoms with E-state index in [9.17, 15) is 9.18 Å². The normalized spacial score (nSPS) is 10.0. The molecule has 0 aromatic heterocycles. The number of hydrogen-bond acceptors (Lipinski definition) is 2. The molecular formula is C14H13FN2O2. The van der Waals surface area contributed by atoms with Crippen LogP contribution in [0.4, 0.5) is 20.6 Å². The molecule has 0 bridgehead atoms. The molecule has 0 unspecified atom stereocenters. The molecule has 2 aromatic carbocycles. The Labute approximate surface area is 109 Å². The standard InChI is InChI=1S/C14H13FN2O2/c1-9-3-2-4-10(7-9)16-14(19)17-11-5-6-13(18)12(15)8-11/h2-8,18H,1H3,(H2,16,17,19). The Morgan fingerprint density at radius 1 is 1.11 bits per heavy atom. The average molecular weight is 260 g/mol. The van der Waals surface area contributed by atoms with Gasteiger partial charge in [0, 0.05) is 17.4 Å². The van der Waals surface area contributed by atoms with Crippen LogP contribution < -0.4 is 10.6 Å². The topological polar surface area (TPSA) is 61.4 Å². The zero-order chi connectivity index (χ0) is 13.8. The van der Waals surface area contributed by atoms with Gasteiger partial charge in [-0.3, -0.25) is 0 Å². The molecule has 0 heterocycles. The highest BCUT2D eigenvalue weighted by Gasteiger charge is 2.05. The highest BCUT2D eigenvalue weighted by Crippen LogP contribution is 2.19. The SMILES string of the molecule is Cc1cccc(NC(=O)Nc2ccc(O)c(F)c2)c1. The monoisotopic (exact) mass is 260 g/mol. The second kappa shape index (κ2) is 5.39. The lowest BCUT2D eigenvalue weighted by atomic mass is 10.2. The fourth-order valence-electron chi connectivity index (χ4n) is 1.60. The van der Waals surface area contributed by atoms with E-state index in [2.05, 4.69) is 10.6 Å². The van der Waals surface area contributed by atoms with Gasteiger partial charge in [-0.1, -0.05) is 12.1 Å². The van der Waals surface area contributed by atoms with Crippen molar-refractivity contribution in [3.63, 3.8) is 0 Å². The fraction of sp³-hybridized carbons (Fsp3) is 0.0714. The number of hydrogen-bond donors (Lipinski definition) is 3. The highest BCUT2D eigenvalue weighted by molar-refractivity contribution is 5.99. The first-order valence-corrected chi connectivity index (χ1v) is 5.68. The summed E-state index contributed by atoms with van der Waals surface area (Å²) in [5.74, 6) is -1.24. The van der Waals surface area contributed by atoms with E-state index in [0.717, 1.165) is 11.6 Å². The molecule has 2 rings (SSSR count). The van der Waals surface area contributed by atoms with Gasteiger partial charge in [-0.2, -0.15) is 0 Å². The molecule has 0 atom stereocenters. The van der Waals surface area contributed by atoms with Crippen LogP contribution in [0.1, 0.15) is 5.56 Å². The lowest BCUT2D eigenvalue weighted by Gasteiger charge is -2.08. The van der Waals surface area contributed by atoms with E-state index < -0.39 is 17.6 Å².